The number of ether oxygens (including phenoxy) is 2. The fraction of sp³-hybridized carbons (Fsp3) is 0.455. The molecule has 3 aliphatic rings. The van der Waals surface area contributed by atoms with E-state index in [0.29, 0.717) is 42.7 Å². The van der Waals surface area contributed by atoms with Gasteiger partial charge in [0.25, 0.3) is 0 Å². The first-order valence-corrected chi connectivity index (χ1v) is 15.4. The molecule has 6 rings (SSSR count). The van der Waals surface area contributed by atoms with Crippen molar-refractivity contribution in [2.45, 2.75) is 45.4 Å². The van der Waals surface area contributed by atoms with Crippen LogP contribution in [0.25, 0.3) is 0 Å². The van der Waals surface area contributed by atoms with Gasteiger partial charge in [-0.1, -0.05) is 12.1 Å². The van der Waals surface area contributed by atoms with Crippen molar-refractivity contribution < 1.29 is 19.1 Å². The molecule has 12 heteroatoms. The summed E-state index contributed by atoms with van der Waals surface area (Å²) in [7, 11) is 5.46. The molecule has 2 aromatic carbocycles. The van der Waals surface area contributed by atoms with Gasteiger partial charge in [-0.3, -0.25) is 9.80 Å². The zero-order valence-electron chi connectivity index (χ0n) is 26.9. The number of para-hydroxylation sites is 1. The van der Waals surface area contributed by atoms with Gasteiger partial charge in [0.05, 0.1) is 25.4 Å². The summed E-state index contributed by atoms with van der Waals surface area (Å²) in [6, 6.07) is 13.5. The molecule has 0 saturated carbocycles. The largest absolute Gasteiger partial charge is 0.495 e. The summed E-state index contributed by atoms with van der Waals surface area (Å²) in [5.74, 6) is 1.55. The Kier molecular flexibility index (Phi) is 8.17. The van der Waals surface area contributed by atoms with Crippen LogP contribution in [0, 0.1) is 0 Å². The van der Waals surface area contributed by atoms with E-state index in [1.807, 2.05) is 56.0 Å². The quantitative estimate of drug-likeness (QED) is 0.413. The third kappa shape index (κ3) is 6.19. The highest BCUT2D eigenvalue weighted by atomic mass is 16.6. The summed E-state index contributed by atoms with van der Waals surface area (Å²) < 4.78 is 11.4. The van der Waals surface area contributed by atoms with Crippen molar-refractivity contribution in [1.29, 1.82) is 0 Å². The molecule has 1 N–H and O–H groups in total. The van der Waals surface area contributed by atoms with Gasteiger partial charge in [0.1, 0.15) is 17.2 Å². The molecule has 3 aromatic rings. The molecule has 3 amide bonds. The Balaban J connectivity index is 1.21. The third-order valence-electron chi connectivity index (χ3n) is 8.52. The number of benzene rings is 2. The second kappa shape index (κ2) is 12.1. The molecule has 238 valence electrons. The van der Waals surface area contributed by atoms with Crippen molar-refractivity contribution >= 4 is 41.0 Å². The van der Waals surface area contributed by atoms with E-state index in [1.54, 1.807) is 30.2 Å². The van der Waals surface area contributed by atoms with Crippen LogP contribution in [0.2, 0.25) is 0 Å². The standard InChI is InChI=1S/C33H42N8O4/c1-33(2,3)45-32(43)40-15-14-26(25-8-7-9-27(44-6)28(25)40)41-21-22-20-34-30(36-29(22)38(5)31(41)42)35-23-10-12-24(13-11-23)39-18-16-37(4)17-19-39/h7-13,20,26H,14-19,21H2,1-6H3,(H,34,35,36)/t26-/m0/s1. The minimum atomic E-state index is -0.646. The Morgan fingerprint density at radius 1 is 1.00 bits per heavy atom. The predicted molar refractivity (Wildman–Crippen MR) is 175 cm³/mol. The lowest BCUT2D eigenvalue weighted by atomic mass is 9.93. The van der Waals surface area contributed by atoms with Crippen LogP contribution in [0.1, 0.15) is 44.4 Å². The van der Waals surface area contributed by atoms with E-state index in [1.165, 1.54) is 5.69 Å². The number of fused-ring (bicyclic) bond motifs is 2. The molecule has 1 saturated heterocycles. The van der Waals surface area contributed by atoms with E-state index in [9.17, 15) is 9.59 Å². The summed E-state index contributed by atoms with van der Waals surface area (Å²) >= 11 is 0. The lowest BCUT2D eigenvalue weighted by molar-refractivity contribution is 0.0571. The number of carbonyl (C=O) groups excluding carboxylic acids is 2. The van der Waals surface area contributed by atoms with Crippen LogP contribution >= 0.6 is 0 Å². The monoisotopic (exact) mass is 614 g/mol. The van der Waals surface area contributed by atoms with E-state index in [4.69, 9.17) is 14.5 Å². The normalized spacial score (nSPS) is 18.8. The van der Waals surface area contributed by atoms with Gasteiger partial charge in [-0.15, -0.1) is 0 Å². The van der Waals surface area contributed by atoms with Gasteiger partial charge >= 0.3 is 12.1 Å². The van der Waals surface area contributed by atoms with Crippen molar-refractivity contribution in [2.75, 3.05) is 73.9 Å². The predicted octanol–water partition coefficient (Wildman–Crippen LogP) is 5.24. The summed E-state index contributed by atoms with van der Waals surface area (Å²) in [4.78, 5) is 46.1. The van der Waals surface area contributed by atoms with Crippen molar-refractivity contribution in [1.82, 2.24) is 19.8 Å². The number of nitrogens with one attached hydrogen (secondary N) is 1. The molecule has 45 heavy (non-hydrogen) atoms. The number of methoxy groups -OCH3 is 1. The van der Waals surface area contributed by atoms with E-state index < -0.39 is 11.7 Å². The van der Waals surface area contributed by atoms with Crippen LogP contribution in [0.15, 0.2) is 48.7 Å². The summed E-state index contributed by atoms with van der Waals surface area (Å²) in [6.45, 7) is 10.4. The molecule has 12 nitrogen and oxygen atoms in total. The lowest BCUT2D eigenvalue weighted by Crippen LogP contribution is -2.50. The zero-order valence-corrected chi connectivity index (χ0v) is 26.9. The molecule has 0 bridgehead atoms. The highest BCUT2D eigenvalue weighted by Crippen LogP contribution is 2.45. The topological polar surface area (TPSA) is 107 Å². The Morgan fingerprint density at radius 2 is 1.73 bits per heavy atom. The van der Waals surface area contributed by atoms with Crippen LogP contribution in [-0.4, -0.2) is 91.4 Å². The number of aromatic nitrogens is 2. The van der Waals surface area contributed by atoms with Crippen molar-refractivity contribution in [3.8, 4) is 5.75 Å². The van der Waals surface area contributed by atoms with Gasteiger partial charge in [0.15, 0.2) is 0 Å². The number of hydrogen-bond donors (Lipinski definition) is 1. The molecule has 0 spiro atoms. The number of rotatable bonds is 5. The highest BCUT2D eigenvalue weighted by molar-refractivity contribution is 5.95. The first-order valence-electron chi connectivity index (χ1n) is 15.4. The summed E-state index contributed by atoms with van der Waals surface area (Å²) in [5.41, 5.74) is 3.72. The molecule has 0 radical (unpaired) electrons. The van der Waals surface area contributed by atoms with Crippen LogP contribution in [0.5, 0.6) is 5.75 Å². The molecule has 0 unspecified atom stereocenters. The molecule has 0 aliphatic carbocycles. The highest BCUT2D eigenvalue weighted by Gasteiger charge is 2.41. The maximum absolute atomic E-state index is 13.9. The SMILES string of the molecule is COc1cccc2c1N(C(=O)OC(C)(C)C)CC[C@@H]2N1Cc2cnc(Nc3ccc(N4CCN(C)CC4)cc3)nc2N(C)C1=O. The maximum Gasteiger partial charge on any atom is 0.414 e. The minimum absolute atomic E-state index is 0.173. The first-order chi connectivity index (χ1) is 21.5. The van der Waals surface area contributed by atoms with Gasteiger partial charge in [0.2, 0.25) is 5.95 Å². The minimum Gasteiger partial charge on any atom is -0.495 e. The van der Waals surface area contributed by atoms with Gasteiger partial charge in [-0.25, -0.2) is 14.6 Å². The van der Waals surface area contributed by atoms with Crippen molar-refractivity contribution in [3.63, 3.8) is 0 Å². The Morgan fingerprint density at radius 3 is 2.42 bits per heavy atom. The van der Waals surface area contributed by atoms with Crippen LogP contribution in [-0.2, 0) is 11.3 Å². The number of nitrogens with zero attached hydrogens (tertiary/aromatic N) is 7. The average Bonchev–Trinajstić information content (AvgIpc) is 3.02. The van der Waals surface area contributed by atoms with Gasteiger partial charge in [0, 0.05) is 68.5 Å². The van der Waals surface area contributed by atoms with Gasteiger partial charge in [-0.05, 0) is 64.6 Å². The molecule has 1 fully saturated rings. The zero-order chi connectivity index (χ0) is 31.9. The van der Waals surface area contributed by atoms with Crippen LogP contribution in [0.4, 0.5) is 38.4 Å². The van der Waals surface area contributed by atoms with Crippen LogP contribution < -0.4 is 24.8 Å². The smallest absolute Gasteiger partial charge is 0.414 e. The molecule has 1 aromatic heterocycles. The second-order valence-corrected chi connectivity index (χ2v) is 12.8. The number of carbonyl (C=O) groups is 2. The Labute approximate surface area is 264 Å². The second-order valence-electron chi connectivity index (χ2n) is 12.8. The molecule has 3 aliphatic heterocycles. The number of amides is 3. The van der Waals surface area contributed by atoms with Gasteiger partial charge in [-0.2, -0.15) is 4.98 Å². The fourth-order valence-corrected chi connectivity index (χ4v) is 6.19. The van der Waals surface area contributed by atoms with E-state index in [0.717, 1.165) is 43.0 Å². The number of hydrogen-bond acceptors (Lipinski definition) is 9. The molecular formula is C33H42N8O4. The first kappa shape index (κ1) is 30.4. The van der Waals surface area contributed by atoms with E-state index >= 15 is 0 Å². The molecular weight excluding hydrogens is 572 g/mol. The summed E-state index contributed by atoms with van der Waals surface area (Å²) in [5, 5.41) is 3.29. The van der Waals surface area contributed by atoms with E-state index in [-0.39, 0.29) is 12.1 Å². The maximum atomic E-state index is 13.9. The molecule has 4 heterocycles. The summed E-state index contributed by atoms with van der Waals surface area (Å²) in [6.07, 6.45) is 1.88. The Hall–Kier alpha value is -4.58. The lowest BCUT2D eigenvalue weighted by Gasteiger charge is -2.43. The molecule has 1 atom stereocenters. The number of piperazine rings is 1. The van der Waals surface area contributed by atoms with Crippen molar-refractivity contribution in [2.24, 2.45) is 0 Å². The van der Waals surface area contributed by atoms with E-state index in [2.05, 4.69) is 39.3 Å². The number of anilines is 5. The number of likely N-dealkylation sites (N-methyl/N-ethyl adjacent to an activating group) is 1. The van der Waals surface area contributed by atoms with Crippen LogP contribution in [0.3, 0.4) is 0 Å². The van der Waals surface area contributed by atoms with Crippen molar-refractivity contribution in [3.05, 3.63) is 59.8 Å². The third-order valence-corrected chi connectivity index (χ3v) is 8.52. The fourth-order valence-electron chi connectivity index (χ4n) is 6.19. The average molecular weight is 615 g/mol. The Bertz CT molecular complexity index is 1570. The number of urea groups is 1. The van der Waals surface area contributed by atoms with Gasteiger partial charge < -0.3 is 29.5 Å².